The van der Waals surface area contributed by atoms with Gasteiger partial charge in [0, 0.05) is 11.8 Å². The van der Waals surface area contributed by atoms with Gasteiger partial charge < -0.3 is 9.30 Å². The van der Waals surface area contributed by atoms with Crippen LogP contribution in [0.15, 0.2) is 29.4 Å². The average molecular weight is 417 g/mol. The Balaban J connectivity index is 1.61. The van der Waals surface area contributed by atoms with Crippen molar-refractivity contribution in [3.8, 4) is 5.75 Å². The Hall–Kier alpha value is -1.29. The van der Waals surface area contributed by atoms with Gasteiger partial charge in [0.1, 0.15) is 12.4 Å². The third-order valence-electron chi connectivity index (χ3n) is 3.94. The molecule has 0 saturated heterocycles. The lowest BCUT2D eigenvalue weighted by atomic mass is 10.3. The van der Waals surface area contributed by atoms with E-state index in [1.54, 1.807) is 6.07 Å². The zero-order chi connectivity index (χ0) is 18.6. The molecular weight excluding hydrogens is 396 g/mol. The van der Waals surface area contributed by atoms with E-state index in [2.05, 4.69) is 19.5 Å². The SMILES string of the molecule is CNS(=O)(=O)CCCSc1nnc(COc2ccccc2Cl)n1C1CC1. The lowest BCUT2D eigenvalue weighted by Gasteiger charge is -2.10. The lowest BCUT2D eigenvalue weighted by Crippen LogP contribution is -2.22. The first-order valence-electron chi connectivity index (χ1n) is 8.35. The van der Waals surface area contributed by atoms with Crippen molar-refractivity contribution in [3.63, 3.8) is 0 Å². The Bertz CT molecular complexity index is 853. The van der Waals surface area contributed by atoms with E-state index in [1.807, 2.05) is 18.2 Å². The second kappa shape index (κ2) is 8.60. The maximum atomic E-state index is 11.5. The van der Waals surface area contributed by atoms with Crippen LogP contribution in [0.2, 0.25) is 5.02 Å². The van der Waals surface area contributed by atoms with E-state index in [4.69, 9.17) is 16.3 Å². The topological polar surface area (TPSA) is 86.1 Å². The van der Waals surface area contributed by atoms with Gasteiger partial charge >= 0.3 is 0 Å². The molecule has 0 amide bonds. The fourth-order valence-electron chi connectivity index (χ4n) is 2.42. The van der Waals surface area contributed by atoms with Crippen molar-refractivity contribution in [2.24, 2.45) is 0 Å². The largest absolute Gasteiger partial charge is 0.484 e. The van der Waals surface area contributed by atoms with Crippen molar-refractivity contribution in [2.75, 3.05) is 18.6 Å². The van der Waals surface area contributed by atoms with Crippen LogP contribution in [0.1, 0.15) is 31.1 Å². The van der Waals surface area contributed by atoms with E-state index in [-0.39, 0.29) is 5.75 Å². The summed E-state index contributed by atoms with van der Waals surface area (Å²) >= 11 is 7.65. The number of rotatable bonds is 10. The first-order valence-corrected chi connectivity index (χ1v) is 11.4. The molecule has 0 spiro atoms. The molecule has 1 aliphatic carbocycles. The summed E-state index contributed by atoms with van der Waals surface area (Å²) in [6.07, 6.45) is 2.74. The smallest absolute Gasteiger partial charge is 0.211 e. The Morgan fingerprint density at radius 1 is 1.35 bits per heavy atom. The summed E-state index contributed by atoms with van der Waals surface area (Å²) in [5, 5.41) is 9.90. The van der Waals surface area contributed by atoms with E-state index in [0.717, 1.165) is 23.8 Å². The summed E-state index contributed by atoms with van der Waals surface area (Å²) in [6.45, 7) is 0.294. The standard InChI is InChI=1S/C16H21ClN4O3S2/c1-18-26(22,23)10-4-9-25-16-20-19-15(21(16)12-7-8-12)11-24-14-6-3-2-5-13(14)17/h2-3,5-6,12,18H,4,7-11H2,1H3. The second-order valence-electron chi connectivity index (χ2n) is 5.94. The Morgan fingerprint density at radius 3 is 2.81 bits per heavy atom. The van der Waals surface area contributed by atoms with Gasteiger partial charge in [0.2, 0.25) is 10.0 Å². The number of aromatic nitrogens is 3. The number of thioether (sulfide) groups is 1. The third kappa shape index (κ3) is 5.12. The molecule has 3 rings (SSSR count). The summed E-state index contributed by atoms with van der Waals surface area (Å²) in [6, 6.07) is 7.72. The molecule has 1 aliphatic rings. The zero-order valence-corrected chi connectivity index (χ0v) is 16.8. The fraction of sp³-hybridized carbons (Fsp3) is 0.500. The Kier molecular flexibility index (Phi) is 6.44. The highest BCUT2D eigenvalue weighted by Gasteiger charge is 2.29. The molecule has 0 bridgehead atoms. The van der Waals surface area contributed by atoms with Gasteiger partial charge in [-0.2, -0.15) is 0 Å². The molecule has 0 atom stereocenters. The van der Waals surface area contributed by atoms with E-state index < -0.39 is 10.0 Å². The first-order chi connectivity index (χ1) is 12.5. The lowest BCUT2D eigenvalue weighted by molar-refractivity contribution is 0.288. The molecule has 1 fully saturated rings. The minimum absolute atomic E-state index is 0.108. The number of para-hydroxylation sites is 1. The summed E-state index contributed by atoms with van der Waals surface area (Å²) in [5.74, 6) is 2.15. The summed E-state index contributed by atoms with van der Waals surface area (Å²) < 4.78 is 33.1. The predicted octanol–water partition coefficient (Wildman–Crippen LogP) is 2.88. The van der Waals surface area contributed by atoms with Crippen LogP contribution in [0.25, 0.3) is 0 Å². The van der Waals surface area contributed by atoms with E-state index in [9.17, 15) is 8.42 Å². The number of benzene rings is 1. The van der Waals surface area contributed by atoms with Crippen LogP contribution in [0.4, 0.5) is 0 Å². The molecule has 0 aliphatic heterocycles. The van der Waals surface area contributed by atoms with E-state index in [0.29, 0.717) is 35.6 Å². The van der Waals surface area contributed by atoms with E-state index >= 15 is 0 Å². The maximum absolute atomic E-state index is 11.5. The number of nitrogens with one attached hydrogen (secondary N) is 1. The molecule has 0 radical (unpaired) electrons. The van der Waals surface area contributed by atoms with Gasteiger partial charge in [0.15, 0.2) is 11.0 Å². The summed E-state index contributed by atoms with van der Waals surface area (Å²) in [7, 11) is -1.74. The van der Waals surface area contributed by atoms with Crippen molar-refractivity contribution in [1.29, 1.82) is 0 Å². The zero-order valence-electron chi connectivity index (χ0n) is 14.4. The number of halogens is 1. The normalized spacial score (nSPS) is 14.5. The molecule has 26 heavy (non-hydrogen) atoms. The van der Waals surface area contributed by atoms with Gasteiger partial charge in [-0.25, -0.2) is 13.1 Å². The van der Waals surface area contributed by atoms with Crippen LogP contribution >= 0.6 is 23.4 Å². The number of hydrogen-bond acceptors (Lipinski definition) is 6. The van der Waals surface area contributed by atoms with Gasteiger partial charge in [-0.15, -0.1) is 10.2 Å². The molecule has 0 unspecified atom stereocenters. The highest BCUT2D eigenvalue weighted by Crippen LogP contribution is 2.39. The van der Waals surface area contributed by atoms with Crippen LogP contribution < -0.4 is 9.46 Å². The minimum Gasteiger partial charge on any atom is -0.484 e. The van der Waals surface area contributed by atoms with Crippen LogP contribution in [-0.4, -0.2) is 41.7 Å². The summed E-state index contributed by atoms with van der Waals surface area (Å²) in [4.78, 5) is 0. The number of hydrogen-bond donors (Lipinski definition) is 1. The molecule has 1 aromatic carbocycles. The summed E-state index contributed by atoms with van der Waals surface area (Å²) in [5.41, 5.74) is 0. The number of sulfonamides is 1. The fourth-order valence-corrected chi connectivity index (χ4v) is 4.49. The molecule has 1 heterocycles. The highest BCUT2D eigenvalue weighted by atomic mass is 35.5. The molecule has 142 valence electrons. The third-order valence-corrected chi connectivity index (χ3v) is 6.73. The maximum Gasteiger partial charge on any atom is 0.211 e. The van der Waals surface area contributed by atoms with Crippen molar-refractivity contribution >= 4 is 33.4 Å². The Morgan fingerprint density at radius 2 is 2.12 bits per heavy atom. The molecule has 2 aromatic rings. The average Bonchev–Trinajstić information content (AvgIpc) is 3.39. The van der Waals surface area contributed by atoms with Crippen LogP contribution in [-0.2, 0) is 16.6 Å². The van der Waals surface area contributed by atoms with Crippen LogP contribution in [0.5, 0.6) is 5.75 Å². The van der Waals surface area contributed by atoms with Gasteiger partial charge in [-0.05, 0) is 38.4 Å². The van der Waals surface area contributed by atoms with Crippen LogP contribution in [0, 0.1) is 0 Å². The van der Waals surface area contributed by atoms with E-state index in [1.165, 1.54) is 18.8 Å². The molecule has 1 N–H and O–H groups in total. The van der Waals surface area contributed by atoms with Crippen molar-refractivity contribution in [2.45, 2.75) is 37.1 Å². The quantitative estimate of drug-likeness (QED) is 0.473. The van der Waals surface area contributed by atoms with Gasteiger partial charge in [-0.1, -0.05) is 35.5 Å². The highest BCUT2D eigenvalue weighted by molar-refractivity contribution is 7.99. The first kappa shape index (κ1) is 19.5. The van der Waals surface area contributed by atoms with Gasteiger partial charge in [0.25, 0.3) is 0 Å². The van der Waals surface area contributed by atoms with Gasteiger partial charge in [0.05, 0.1) is 10.8 Å². The molecular formula is C16H21ClN4O3S2. The van der Waals surface area contributed by atoms with Crippen LogP contribution in [0.3, 0.4) is 0 Å². The monoisotopic (exact) mass is 416 g/mol. The predicted molar refractivity (Wildman–Crippen MR) is 102 cm³/mol. The molecule has 10 heteroatoms. The van der Waals surface area contributed by atoms with Crippen molar-refractivity contribution in [3.05, 3.63) is 35.1 Å². The number of nitrogens with zero attached hydrogens (tertiary/aromatic N) is 3. The molecule has 1 saturated carbocycles. The number of ether oxygens (including phenoxy) is 1. The second-order valence-corrected chi connectivity index (χ2v) is 9.46. The Labute approximate surface area is 162 Å². The minimum atomic E-state index is -3.16. The van der Waals surface area contributed by atoms with Crippen molar-refractivity contribution < 1.29 is 13.2 Å². The van der Waals surface area contributed by atoms with Crippen molar-refractivity contribution in [1.82, 2.24) is 19.5 Å². The van der Waals surface area contributed by atoms with Gasteiger partial charge in [-0.3, -0.25) is 0 Å². The molecule has 1 aromatic heterocycles. The molecule has 7 nitrogen and oxygen atoms in total.